The van der Waals surface area contributed by atoms with Gasteiger partial charge in [-0.3, -0.25) is 9.39 Å². The third kappa shape index (κ3) is 4.90. The summed E-state index contributed by atoms with van der Waals surface area (Å²) in [6, 6.07) is 11.6. The summed E-state index contributed by atoms with van der Waals surface area (Å²) in [5.41, 5.74) is 1.95. The van der Waals surface area contributed by atoms with Gasteiger partial charge in [-0.1, -0.05) is 35.3 Å². The first-order chi connectivity index (χ1) is 13.1. The molecule has 0 radical (unpaired) electrons. The summed E-state index contributed by atoms with van der Waals surface area (Å²) in [5, 5.41) is 12.9. The fourth-order valence-corrected chi connectivity index (χ4v) is 3.20. The minimum absolute atomic E-state index is 0.561. The molecule has 0 spiro atoms. The van der Waals surface area contributed by atoms with E-state index in [1.165, 1.54) is 0 Å². The molecule has 0 aliphatic heterocycles. The fourth-order valence-electron chi connectivity index (χ4n) is 2.88. The number of hydrogen-bond donors (Lipinski definition) is 1. The van der Waals surface area contributed by atoms with E-state index in [0.29, 0.717) is 16.6 Å². The maximum atomic E-state index is 6.09. The van der Waals surface area contributed by atoms with Gasteiger partial charge in [0.2, 0.25) is 0 Å². The van der Waals surface area contributed by atoms with Crippen LogP contribution in [0, 0.1) is 0 Å². The molecule has 0 amide bonds. The van der Waals surface area contributed by atoms with Crippen LogP contribution in [0.15, 0.2) is 47.6 Å². The van der Waals surface area contributed by atoms with E-state index < -0.39 is 0 Å². The summed E-state index contributed by atoms with van der Waals surface area (Å²) in [6.07, 6.45) is 3.75. The molecule has 0 saturated heterocycles. The van der Waals surface area contributed by atoms with E-state index in [9.17, 15) is 0 Å². The van der Waals surface area contributed by atoms with Gasteiger partial charge >= 0.3 is 0 Å². The Hall–Kier alpha value is -2.31. The molecule has 1 aromatic carbocycles. The molecule has 2 aromatic heterocycles. The smallest absolute Gasteiger partial charge is 0.193 e. The highest BCUT2D eigenvalue weighted by Crippen LogP contribution is 2.23. The molecular formula is C19H22Cl2N6. The molecule has 142 valence electrons. The first kappa shape index (κ1) is 19.5. The SMILES string of the molecule is CN=C(NCCCc1nnc2ccccn12)N(C)Cc1ccc(Cl)c(Cl)c1. The Morgan fingerprint density at radius 2 is 2.04 bits per heavy atom. The Morgan fingerprint density at radius 1 is 1.19 bits per heavy atom. The van der Waals surface area contributed by atoms with Crippen molar-refractivity contribution in [3.8, 4) is 0 Å². The minimum Gasteiger partial charge on any atom is -0.356 e. The van der Waals surface area contributed by atoms with Crippen LogP contribution in [0.3, 0.4) is 0 Å². The lowest BCUT2D eigenvalue weighted by Gasteiger charge is -2.22. The number of benzene rings is 1. The Kier molecular flexibility index (Phi) is 6.53. The molecule has 0 aliphatic rings. The van der Waals surface area contributed by atoms with Gasteiger partial charge in [-0.05, 0) is 36.2 Å². The predicted octanol–water partition coefficient (Wildman–Crippen LogP) is 3.68. The number of nitrogens with one attached hydrogen (secondary N) is 1. The molecular weight excluding hydrogens is 383 g/mol. The van der Waals surface area contributed by atoms with Gasteiger partial charge in [0.1, 0.15) is 5.82 Å². The van der Waals surface area contributed by atoms with E-state index in [2.05, 4.69) is 20.5 Å². The second kappa shape index (κ2) is 9.06. The number of aryl methyl sites for hydroxylation is 1. The van der Waals surface area contributed by atoms with E-state index in [1.807, 2.05) is 58.9 Å². The maximum Gasteiger partial charge on any atom is 0.193 e. The third-order valence-corrected chi connectivity index (χ3v) is 4.96. The van der Waals surface area contributed by atoms with E-state index in [1.54, 1.807) is 7.05 Å². The average Bonchev–Trinajstić information content (AvgIpc) is 3.08. The molecule has 0 aliphatic carbocycles. The van der Waals surface area contributed by atoms with Crippen molar-refractivity contribution in [1.82, 2.24) is 24.8 Å². The Morgan fingerprint density at radius 3 is 2.81 bits per heavy atom. The molecule has 8 heteroatoms. The van der Waals surface area contributed by atoms with Gasteiger partial charge in [-0.25, -0.2) is 0 Å². The van der Waals surface area contributed by atoms with Crippen molar-refractivity contribution in [2.24, 2.45) is 4.99 Å². The topological polar surface area (TPSA) is 57.8 Å². The molecule has 0 bridgehead atoms. The van der Waals surface area contributed by atoms with Gasteiger partial charge in [0.15, 0.2) is 11.6 Å². The summed E-state index contributed by atoms with van der Waals surface area (Å²) >= 11 is 12.1. The van der Waals surface area contributed by atoms with Gasteiger partial charge in [-0.15, -0.1) is 10.2 Å². The first-order valence-corrected chi connectivity index (χ1v) is 9.48. The number of fused-ring (bicyclic) bond motifs is 1. The van der Waals surface area contributed by atoms with E-state index in [0.717, 1.165) is 42.4 Å². The zero-order valence-electron chi connectivity index (χ0n) is 15.4. The van der Waals surface area contributed by atoms with Crippen LogP contribution in [0.25, 0.3) is 5.65 Å². The predicted molar refractivity (Wildman–Crippen MR) is 111 cm³/mol. The fraction of sp³-hybridized carbons (Fsp3) is 0.316. The zero-order valence-corrected chi connectivity index (χ0v) is 16.9. The van der Waals surface area contributed by atoms with E-state index in [-0.39, 0.29) is 0 Å². The number of aliphatic imine (C=N–C) groups is 1. The number of aromatic nitrogens is 3. The van der Waals surface area contributed by atoms with Crippen molar-refractivity contribution in [3.63, 3.8) is 0 Å². The van der Waals surface area contributed by atoms with Crippen molar-refractivity contribution in [3.05, 3.63) is 64.0 Å². The highest BCUT2D eigenvalue weighted by atomic mass is 35.5. The highest BCUT2D eigenvalue weighted by molar-refractivity contribution is 6.42. The van der Waals surface area contributed by atoms with Gasteiger partial charge < -0.3 is 10.2 Å². The molecule has 0 saturated carbocycles. The largest absolute Gasteiger partial charge is 0.356 e. The lowest BCUT2D eigenvalue weighted by molar-refractivity contribution is 0.475. The molecule has 6 nitrogen and oxygen atoms in total. The molecule has 0 atom stereocenters. The standard InChI is InChI=1S/C19H22Cl2N6/c1-22-19(26(2)13-14-8-9-15(20)16(21)12-14)23-10-5-7-18-25-24-17-6-3-4-11-27(17)18/h3-4,6,8-9,11-12H,5,7,10,13H2,1-2H3,(H,22,23). The number of rotatable bonds is 6. The summed E-state index contributed by atoms with van der Waals surface area (Å²) in [6.45, 7) is 1.48. The third-order valence-electron chi connectivity index (χ3n) is 4.22. The molecule has 27 heavy (non-hydrogen) atoms. The van der Waals surface area contributed by atoms with Crippen molar-refractivity contribution >= 4 is 34.8 Å². The lowest BCUT2D eigenvalue weighted by atomic mass is 10.2. The zero-order chi connectivity index (χ0) is 19.2. The van der Waals surface area contributed by atoms with Gasteiger partial charge in [-0.2, -0.15) is 0 Å². The number of guanidine groups is 1. The summed E-state index contributed by atoms with van der Waals surface area (Å²) < 4.78 is 2.02. The lowest BCUT2D eigenvalue weighted by Crippen LogP contribution is -2.39. The quantitative estimate of drug-likeness (QED) is 0.386. The maximum absolute atomic E-state index is 6.09. The number of halogens is 2. The van der Waals surface area contributed by atoms with Crippen LogP contribution >= 0.6 is 23.2 Å². The van der Waals surface area contributed by atoms with Gasteiger partial charge in [0, 0.05) is 39.8 Å². The molecule has 2 heterocycles. The minimum atomic E-state index is 0.561. The summed E-state index contributed by atoms with van der Waals surface area (Å²) in [5.74, 6) is 1.79. The summed E-state index contributed by atoms with van der Waals surface area (Å²) in [7, 11) is 3.77. The van der Waals surface area contributed by atoms with Crippen LogP contribution < -0.4 is 5.32 Å². The van der Waals surface area contributed by atoms with Crippen LogP contribution in [0.4, 0.5) is 0 Å². The van der Waals surface area contributed by atoms with Crippen molar-refractivity contribution in [1.29, 1.82) is 0 Å². The van der Waals surface area contributed by atoms with Crippen LogP contribution in [-0.4, -0.2) is 46.1 Å². The second-order valence-electron chi connectivity index (χ2n) is 6.23. The molecule has 0 unspecified atom stereocenters. The van der Waals surface area contributed by atoms with E-state index >= 15 is 0 Å². The molecule has 1 N–H and O–H groups in total. The van der Waals surface area contributed by atoms with Gasteiger partial charge in [0.05, 0.1) is 10.0 Å². The number of hydrogen-bond acceptors (Lipinski definition) is 3. The Bertz CT molecular complexity index is 937. The second-order valence-corrected chi connectivity index (χ2v) is 7.04. The van der Waals surface area contributed by atoms with E-state index in [4.69, 9.17) is 23.2 Å². The van der Waals surface area contributed by atoms with Crippen LogP contribution in [0.1, 0.15) is 17.8 Å². The Balaban J connectivity index is 1.50. The van der Waals surface area contributed by atoms with Crippen LogP contribution in [0.5, 0.6) is 0 Å². The van der Waals surface area contributed by atoms with Gasteiger partial charge in [0.25, 0.3) is 0 Å². The highest BCUT2D eigenvalue weighted by Gasteiger charge is 2.09. The first-order valence-electron chi connectivity index (χ1n) is 8.73. The Labute approximate surface area is 168 Å². The van der Waals surface area contributed by atoms with Crippen molar-refractivity contribution < 1.29 is 0 Å². The van der Waals surface area contributed by atoms with Crippen LogP contribution in [0.2, 0.25) is 10.0 Å². The van der Waals surface area contributed by atoms with Crippen molar-refractivity contribution in [2.75, 3.05) is 20.6 Å². The molecule has 0 fully saturated rings. The molecule has 3 rings (SSSR count). The van der Waals surface area contributed by atoms with Crippen molar-refractivity contribution in [2.45, 2.75) is 19.4 Å². The normalized spacial score (nSPS) is 11.8. The number of nitrogens with zero attached hydrogens (tertiary/aromatic N) is 5. The van der Waals surface area contributed by atoms with Crippen LogP contribution in [-0.2, 0) is 13.0 Å². The molecule has 3 aromatic rings. The summed E-state index contributed by atoms with van der Waals surface area (Å²) in [4.78, 5) is 6.40. The monoisotopic (exact) mass is 404 g/mol. The number of pyridine rings is 1. The average molecular weight is 405 g/mol.